The molecule has 8 heteroatoms. The highest BCUT2D eigenvalue weighted by molar-refractivity contribution is 8.00. The fraction of sp³-hybridized carbons (Fsp3) is 0.538. The minimum atomic E-state index is -3.84. The zero-order valence-corrected chi connectivity index (χ0v) is 13.2. The van der Waals surface area contributed by atoms with Crippen LogP contribution in [0, 0.1) is 10.1 Å². The van der Waals surface area contributed by atoms with Gasteiger partial charge in [0, 0.05) is 23.6 Å². The number of nitrogens with zero attached hydrogens (tertiary/aromatic N) is 1. The average Bonchev–Trinajstić information content (AvgIpc) is 2.97. The van der Waals surface area contributed by atoms with Crippen LogP contribution in [-0.2, 0) is 10.0 Å². The number of nitro groups is 1. The van der Waals surface area contributed by atoms with Crippen LogP contribution < -0.4 is 4.72 Å². The Morgan fingerprint density at radius 3 is 2.62 bits per heavy atom. The third kappa shape index (κ3) is 4.42. The first-order chi connectivity index (χ1) is 10.0. The number of rotatable bonds is 7. The number of sulfonamides is 1. The summed E-state index contributed by atoms with van der Waals surface area (Å²) >= 11 is 1.77. The topological polar surface area (TPSA) is 89.3 Å². The molecule has 1 aliphatic carbocycles. The van der Waals surface area contributed by atoms with Crippen LogP contribution in [0.4, 0.5) is 5.69 Å². The molecule has 0 aliphatic heterocycles. The Hall–Kier alpha value is -1.12. The van der Waals surface area contributed by atoms with Crippen LogP contribution >= 0.6 is 11.8 Å². The predicted molar refractivity (Wildman–Crippen MR) is 83.0 cm³/mol. The summed E-state index contributed by atoms with van der Waals surface area (Å²) in [5, 5.41) is 11.5. The van der Waals surface area contributed by atoms with E-state index in [0.717, 1.165) is 0 Å². The maximum absolute atomic E-state index is 12.1. The van der Waals surface area contributed by atoms with Gasteiger partial charge in [-0.2, -0.15) is 11.8 Å². The highest BCUT2D eigenvalue weighted by atomic mass is 32.2. The van der Waals surface area contributed by atoms with Crippen molar-refractivity contribution in [2.45, 2.75) is 35.8 Å². The van der Waals surface area contributed by atoms with E-state index in [1.54, 1.807) is 11.8 Å². The standard InChI is InChI=1S/C13H18N2O4S2/c16-15(17)12-7-3-4-8-13(12)21(18,19)14-9-10-20-11-5-1-2-6-11/h3-4,7-8,11,14H,1-2,5-6,9-10H2. The van der Waals surface area contributed by atoms with Crippen molar-refractivity contribution in [3.05, 3.63) is 34.4 Å². The normalized spacial score (nSPS) is 16.2. The van der Waals surface area contributed by atoms with Gasteiger partial charge >= 0.3 is 0 Å². The average molecular weight is 330 g/mol. The van der Waals surface area contributed by atoms with Crippen LogP contribution in [0.3, 0.4) is 0 Å². The maximum Gasteiger partial charge on any atom is 0.289 e. The number of nitro benzene ring substituents is 1. The van der Waals surface area contributed by atoms with Crippen molar-refractivity contribution in [1.29, 1.82) is 0 Å². The van der Waals surface area contributed by atoms with E-state index >= 15 is 0 Å². The molecular weight excluding hydrogens is 312 g/mol. The molecule has 0 unspecified atom stereocenters. The second kappa shape index (κ2) is 7.24. The molecule has 1 saturated carbocycles. The molecule has 0 aromatic heterocycles. The first-order valence-electron chi connectivity index (χ1n) is 6.85. The van der Waals surface area contributed by atoms with Gasteiger partial charge in [-0.3, -0.25) is 10.1 Å². The Morgan fingerprint density at radius 1 is 1.29 bits per heavy atom. The van der Waals surface area contributed by atoms with E-state index in [2.05, 4.69) is 4.72 Å². The second-order valence-corrected chi connectivity index (χ2v) is 8.04. The smallest absolute Gasteiger partial charge is 0.258 e. The van der Waals surface area contributed by atoms with Crippen molar-refractivity contribution in [3.63, 3.8) is 0 Å². The summed E-state index contributed by atoms with van der Waals surface area (Å²) in [6.45, 7) is 0.287. The first kappa shape index (κ1) is 16.3. The molecule has 0 bridgehead atoms. The van der Waals surface area contributed by atoms with Crippen molar-refractivity contribution in [1.82, 2.24) is 4.72 Å². The van der Waals surface area contributed by atoms with E-state index < -0.39 is 20.6 Å². The number of thioether (sulfide) groups is 1. The lowest BCUT2D eigenvalue weighted by molar-refractivity contribution is -0.387. The summed E-state index contributed by atoms with van der Waals surface area (Å²) in [4.78, 5) is 9.93. The molecule has 21 heavy (non-hydrogen) atoms. The molecule has 1 fully saturated rings. The fourth-order valence-electron chi connectivity index (χ4n) is 2.37. The van der Waals surface area contributed by atoms with Crippen molar-refractivity contribution in [2.75, 3.05) is 12.3 Å². The molecule has 0 radical (unpaired) electrons. The lowest BCUT2D eigenvalue weighted by Crippen LogP contribution is -2.27. The number of para-hydroxylation sites is 1. The molecule has 0 heterocycles. The molecule has 116 valence electrons. The van der Waals surface area contributed by atoms with Crippen LogP contribution in [0.25, 0.3) is 0 Å². The number of nitrogens with one attached hydrogen (secondary N) is 1. The Bertz CT molecular complexity index is 598. The summed E-state index contributed by atoms with van der Waals surface area (Å²) in [5.41, 5.74) is -0.395. The van der Waals surface area contributed by atoms with Gasteiger partial charge in [-0.25, -0.2) is 13.1 Å². The maximum atomic E-state index is 12.1. The predicted octanol–water partition coefficient (Wildman–Crippen LogP) is 2.55. The van der Waals surface area contributed by atoms with Crippen molar-refractivity contribution < 1.29 is 13.3 Å². The molecule has 0 saturated heterocycles. The third-order valence-corrected chi connectivity index (χ3v) is 6.29. The molecule has 6 nitrogen and oxygen atoms in total. The van der Waals surface area contributed by atoms with Gasteiger partial charge in [-0.15, -0.1) is 0 Å². The largest absolute Gasteiger partial charge is 0.289 e. The van der Waals surface area contributed by atoms with E-state index in [-0.39, 0.29) is 11.4 Å². The molecule has 1 aromatic rings. The van der Waals surface area contributed by atoms with Crippen molar-refractivity contribution >= 4 is 27.5 Å². The van der Waals surface area contributed by atoms with Gasteiger partial charge in [0.25, 0.3) is 5.69 Å². The summed E-state index contributed by atoms with van der Waals surface area (Å²) in [6.07, 6.45) is 4.89. The summed E-state index contributed by atoms with van der Waals surface area (Å²) in [7, 11) is -3.84. The van der Waals surface area contributed by atoms with Gasteiger partial charge in [0.1, 0.15) is 0 Å². The number of hydrogen-bond acceptors (Lipinski definition) is 5. The minimum Gasteiger partial charge on any atom is -0.258 e. The molecule has 1 aromatic carbocycles. The van der Waals surface area contributed by atoms with Crippen LogP contribution in [-0.4, -0.2) is 30.9 Å². The van der Waals surface area contributed by atoms with E-state index in [1.165, 1.54) is 49.9 Å². The molecule has 0 amide bonds. The molecule has 0 atom stereocenters. The Labute approximate surface area is 128 Å². The Morgan fingerprint density at radius 2 is 1.95 bits per heavy atom. The Balaban J connectivity index is 1.93. The SMILES string of the molecule is O=[N+]([O-])c1ccccc1S(=O)(=O)NCCSC1CCCC1. The monoisotopic (exact) mass is 330 g/mol. The van der Waals surface area contributed by atoms with Gasteiger partial charge in [-0.05, 0) is 18.9 Å². The van der Waals surface area contributed by atoms with E-state index in [1.807, 2.05) is 0 Å². The molecule has 2 rings (SSSR count). The van der Waals surface area contributed by atoms with Crippen LogP contribution in [0.15, 0.2) is 29.2 Å². The van der Waals surface area contributed by atoms with Gasteiger partial charge < -0.3 is 0 Å². The highest BCUT2D eigenvalue weighted by Crippen LogP contribution is 2.29. The second-order valence-electron chi connectivity index (χ2n) is 4.90. The molecular formula is C13H18N2O4S2. The van der Waals surface area contributed by atoms with Crippen molar-refractivity contribution in [3.8, 4) is 0 Å². The van der Waals surface area contributed by atoms with Crippen molar-refractivity contribution in [2.24, 2.45) is 0 Å². The summed E-state index contributed by atoms with van der Waals surface area (Å²) < 4.78 is 26.7. The lowest BCUT2D eigenvalue weighted by atomic mass is 10.3. The first-order valence-corrected chi connectivity index (χ1v) is 9.38. The lowest BCUT2D eigenvalue weighted by Gasteiger charge is -2.10. The van der Waals surface area contributed by atoms with E-state index in [4.69, 9.17) is 0 Å². The van der Waals surface area contributed by atoms with Gasteiger partial charge in [0.15, 0.2) is 4.90 Å². The summed E-state index contributed by atoms with van der Waals surface area (Å²) in [5.74, 6) is 0.685. The third-order valence-electron chi connectivity index (χ3n) is 3.40. The molecule has 1 aliphatic rings. The zero-order valence-electron chi connectivity index (χ0n) is 11.5. The molecule has 0 spiro atoms. The van der Waals surface area contributed by atoms with Crippen LogP contribution in [0.5, 0.6) is 0 Å². The minimum absolute atomic E-state index is 0.277. The van der Waals surface area contributed by atoms with E-state index in [9.17, 15) is 18.5 Å². The zero-order chi connectivity index (χ0) is 15.3. The van der Waals surface area contributed by atoms with Gasteiger partial charge in [0.2, 0.25) is 10.0 Å². The van der Waals surface area contributed by atoms with Gasteiger partial charge in [-0.1, -0.05) is 25.0 Å². The van der Waals surface area contributed by atoms with Gasteiger partial charge in [0.05, 0.1) is 4.92 Å². The van der Waals surface area contributed by atoms with Crippen LogP contribution in [0.1, 0.15) is 25.7 Å². The number of hydrogen-bond donors (Lipinski definition) is 1. The molecule has 1 N–H and O–H groups in total. The number of benzene rings is 1. The summed E-state index contributed by atoms with van der Waals surface area (Å²) in [6, 6.07) is 5.38. The highest BCUT2D eigenvalue weighted by Gasteiger charge is 2.24. The quantitative estimate of drug-likeness (QED) is 0.471. The van der Waals surface area contributed by atoms with Crippen LogP contribution in [0.2, 0.25) is 0 Å². The Kier molecular flexibility index (Phi) is 5.60. The van der Waals surface area contributed by atoms with E-state index in [0.29, 0.717) is 11.0 Å². The fourth-order valence-corrected chi connectivity index (χ4v) is 4.92.